The molecular formula is C26H23Cl3O4. The summed E-state index contributed by atoms with van der Waals surface area (Å²) in [6.45, 7) is 0.143. The van der Waals surface area contributed by atoms with Gasteiger partial charge in [-0.3, -0.25) is 4.79 Å². The molecule has 2 atom stereocenters. The van der Waals surface area contributed by atoms with E-state index in [2.05, 4.69) is 0 Å². The molecule has 0 spiro atoms. The maximum Gasteiger partial charge on any atom is 0.308 e. The lowest BCUT2D eigenvalue weighted by molar-refractivity contribution is -0.162. The summed E-state index contributed by atoms with van der Waals surface area (Å²) in [5, 5.41) is 11.2. The van der Waals surface area contributed by atoms with Gasteiger partial charge in [0.2, 0.25) is 0 Å². The van der Waals surface area contributed by atoms with Gasteiger partial charge in [-0.1, -0.05) is 53.5 Å². The zero-order valence-electron chi connectivity index (χ0n) is 17.7. The van der Waals surface area contributed by atoms with Gasteiger partial charge in [0.1, 0.15) is 18.5 Å². The maximum absolute atomic E-state index is 11.7. The van der Waals surface area contributed by atoms with E-state index in [4.69, 9.17) is 44.3 Å². The van der Waals surface area contributed by atoms with Crippen LogP contribution in [0.1, 0.15) is 41.0 Å². The number of rotatable bonds is 7. The molecule has 1 fully saturated rings. The summed E-state index contributed by atoms with van der Waals surface area (Å²) in [7, 11) is 0. The highest BCUT2D eigenvalue weighted by molar-refractivity contribution is 6.30. The Morgan fingerprint density at radius 3 is 2.12 bits per heavy atom. The Labute approximate surface area is 208 Å². The van der Waals surface area contributed by atoms with Crippen molar-refractivity contribution >= 4 is 40.8 Å². The third-order valence-electron chi connectivity index (χ3n) is 5.61. The van der Waals surface area contributed by atoms with E-state index < -0.39 is 18.2 Å². The third-order valence-corrected chi connectivity index (χ3v) is 6.42. The topological polar surface area (TPSA) is 55.8 Å². The number of aliphatic hydroxyl groups excluding tert-OH is 1. The van der Waals surface area contributed by atoms with Crippen molar-refractivity contribution in [1.82, 2.24) is 0 Å². The first kappa shape index (κ1) is 23.9. The Morgan fingerprint density at radius 2 is 1.58 bits per heavy atom. The second-order valence-electron chi connectivity index (χ2n) is 8.06. The lowest BCUT2D eigenvalue weighted by Gasteiger charge is -2.27. The van der Waals surface area contributed by atoms with Gasteiger partial charge in [-0.25, -0.2) is 0 Å². The van der Waals surface area contributed by atoms with Gasteiger partial charge in [-0.05, 0) is 53.1 Å². The Kier molecular flexibility index (Phi) is 7.82. The van der Waals surface area contributed by atoms with Gasteiger partial charge < -0.3 is 14.6 Å². The number of carbonyl (C=O) groups is 1. The van der Waals surface area contributed by atoms with Crippen molar-refractivity contribution in [1.29, 1.82) is 0 Å². The van der Waals surface area contributed by atoms with Crippen molar-refractivity contribution in [2.75, 3.05) is 6.61 Å². The molecule has 0 radical (unpaired) electrons. The van der Waals surface area contributed by atoms with Crippen LogP contribution in [0.5, 0.6) is 5.75 Å². The van der Waals surface area contributed by atoms with Crippen LogP contribution in [0, 0.1) is 0 Å². The first-order valence-corrected chi connectivity index (χ1v) is 11.9. The smallest absolute Gasteiger partial charge is 0.308 e. The van der Waals surface area contributed by atoms with Crippen LogP contribution in [0.2, 0.25) is 10.0 Å². The SMILES string of the molecule is O=C1CC(O)CC(COc2ccc(CCl)cc2C(c2ccc(Cl)cc2)c2ccc(Cl)cc2)O1. The van der Waals surface area contributed by atoms with E-state index >= 15 is 0 Å². The molecule has 3 aromatic carbocycles. The van der Waals surface area contributed by atoms with Gasteiger partial charge in [0.05, 0.1) is 12.5 Å². The summed E-state index contributed by atoms with van der Waals surface area (Å²) in [5.41, 5.74) is 3.92. The highest BCUT2D eigenvalue weighted by atomic mass is 35.5. The lowest BCUT2D eigenvalue weighted by Crippen LogP contribution is -2.36. The molecule has 3 aromatic rings. The van der Waals surface area contributed by atoms with Crippen molar-refractivity contribution < 1.29 is 19.4 Å². The molecule has 0 bridgehead atoms. The fourth-order valence-corrected chi connectivity index (χ4v) is 4.46. The lowest BCUT2D eigenvalue weighted by atomic mass is 9.84. The Bertz CT molecular complexity index is 1050. The molecule has 0 aliphatic carbocycles. The van der Waals surface area contributed by atoms with Gasteiger partial charge in [0.25, 0.3) is 0 Å². The first-order chi connectivity index (χ1) is 15.9. The van der Waals surface area contributed by atoms with Crippen LogP contribution in [0.4, 0.5) is 0 Å². The second kappa shape index (κ2) is 10.8. The van der Waals surface area contributed by atoms with E-state index in [1.54, 1.807) is 0 Å². The Balaban J connectivity index is 1.72. The van der Waals surface area contributed by atoms with E-state index in [1.165, 1.54) is 0 Å². The van der Waals surface area contributed by atoms with Crippen molar-refractivity contribution in [2.45, 2.75) is 36.8 Å². The molecule has 2 unspecified atom stereocenters. The average molecular weight is 506 g/mol. The molecule has 1 N–H and O–H groups in total. The van der Waals surface area contributed by atoms with Gasteiger partial charge >= 0.3 is 5.97 Å². The second-order valence-corrected chi connectivity index (χ2v) is 9.20. The number of esters is 1. The normalized spacial score (nSPS) is 18.3. The summed E-state index contributed by atoms with van der Waals surface area (Å²) >= 11 is 18.5. The van der Waals surface area contributed by atoms with Gasteiger partial charge in [-0.15, -0.1) is 11.6 Å². The molecule has 1 heterocycles. The van der Waals surface area contributed by atoms with Crippen LogP contribution in [0.3, 0.4) is 0 Å². The average Bonchev–Trinajstić information content (AvgIpc) is 2.80. The molecule has 33 heavy (non-hydrogen) atoms. The van der Waals surface area contributed by atoms with E-state index in [0.29, 0.717) is 28.1 Å². The van der Waals surface area contributed by atoms with Crippen LogP contribution >= 0.6 is 34.8 Å². The minimum Gasteiger partial charge on any atom is -0.489 e. The van der Waals surface area contributed by atoms with Gasteiger partial charge in [0, 0.05) is 33.8 Å². The molecule has 0 saturated carbocycles. The molecule has 0 amide bonds. The fraction of sp³-hybridized carbons (Fsp3) is 0.269. The first-order valence-electron chi connectivity index (χ1n) is 10.6. The van der Waals surface area contributed by atoms with Crippen LogP contribution in [-0.2, 0) is 15.4 Å². The summed E-state index contributed by atoms with van der Waals surface area (Å²) in [4.78, 5) is 11.7. The molecule has 4 nitrogen and oxygen atoms in total. The predicted octanol–water partition coefficient (Wildman–Crippen LogP) is 6.36. The number of hydrogen-bond acceptors (Lipinski definition) is 4. The number of hydrogen-bond donors (Lipinski definition) is 1. The third kappa shape index (κ3) is 6.01. The van der Waals surface area contributed by atoms with Gasteiger partial charge in [-0.2, -0.15) is 0 Å². The Morgan fingerprint density at radius 1 is 0.970 bits per heavy atom. The van der Waals surface area contributed by atoms with Crippen molar-refractivity contribution in [3.05, 3.63) is 99.0 Å². The minimum absolute atomic E-state index is 0.0153. The number of halogens is 3. The molecular weight excluding hydrogens is 483 g/mol. The molecule has 1 aliphatic heterocycles. The number of cyclic esters (lactones) is 1. The monoisotopic (exact) mass is 504 g/mol. The summed E-state index contributed by atoms with van der Waals surface area (Å²) < 4.78 is 11.5. The Hall–Kier alpha value is -2.24. The number of benzene rings is 3. The molecule has 172 valence electrons. The van der Waals surface area contributed by atoms with E-state index in [1.807, 2.05) is 66.7 Å². The summed E-state index contributed by atoms with van der Waals surface area (Å²) in [5.74, 6) is 0.417. The van der Waals surface area contributed by atoms with Crippen molar-refractivity contribution in [2.24, 2.45) is 0 Å². The zero-order chi connectivity index (χ0) is 23.4. The van der Waals surface area contributed by atoms with E-state index in [9.17, 15) is 9.90 Å². The zero-order valence-corrected chi connectivity index (χ0v) is 20.0. The van der Waals surface area contributed by atoms with E-state index in [-0.39, 0.29) is 18.9 Å². The standard InChI is InChI=1S/C26H23Cl3O4/c27-14-16-1-10-24(32-15-22-12-21(30)13-25(31)33-22)23(11-16)26(17-2-6-19(28)7-3-17)18-4-8-20(29)9-5-18/h1-11,21-22,26,30H,12-15H2. The van der Waals surface area contributed by atoms with Crippen LogP contribution in [0.25, 0.3) is 0 Å². The summed E-state index contributed by atoms with van der Waals surface area (Å²) in [6, 6.07) is 21.2. The van der Waals surface area contributed by atoms with Crippen LogP contribution in [0.15, 0.2) is 66.7 Å². The predicted molar refractivity (Wildman–Crippen MR) is 130 cm³/mol. The highest BCUT2D eigenvalue weighted by Crippen LogP contribution is 2.39. The minimum atomic E-state index is -0.714. The number of ether oxygens (including phenoxy) is 2. The fourth-order valence-electron chi connectivity index (χ4n) is 4.05. The van der Waals surface area contributed by atoms with Gasteiger partial charge in [0.15, 0.2) is 0 Å². The van der Waals surface area contributed by atoms with Crippen molar-refractivity contribution in [3.63, 3.8) is 0 Å². The van der Waals surface area contributed by atoms with Crippen LogP contribution < -0.4 is 4.74 Å². The highest BCUT2D eigenvalue weighted by Gasteiger charge is 2.28. The largest absolute Gasteiger partial charge is 0.489 e. The van der Waals surface area contributed by atoms with Crippen LogP contribution in [-0.4, -0.2) is 29.9 Å². The molecule has 7 heteroatoms. The molecule has 1 aliphatic rings. The maximum atomic E-state index is 11.7. The molecule has 1 saturated heterocycles. The number of carbonyl (C=O) groups excluding carboxylic acids is 1. The molecule has 4 rings (SSSR count). The number of alkyl halides is 1. The number of aliphatic hydroxyl groups is 1. The quantitative estimate of drug-likeness (QED) is 0.231. The molecule has 0 aromatic heterocycles. The van der Waals surface area contributed by atoms with E-state index in [0.717, 1.165) is 22.3 Å². The van der Waals surface area contributed by atoms with Crippen molar-refractivity contribution in [3.8, 4) is 5.75 Å². The summed E-state index contributed by atoms with van der Waals surface area (Å²) in [6.07, 6.45) is -0.861.